The summed E-state index contributed by atoms with van der Waals surface area (Å²) in [5, 5.41) is 0. The molecule has 0 amide bonds. The predicted octanol–water partition coefficient (Wildman–Crippen LogP) is 2.24. The average Bonchev–Trinajstić information content (AvgIpc) is 2.70. The third kappa shape index (κ3) is 1.50. The normalized spacial score (nSPS) is 10.1. The fourth-order valence-corrected chi connectivity index (χ4v) is 1.75. The summed E-state index contributed by atoms with van der Waals surface area (Å²) < 4.78 is 6.09. The molecule has 0 spiro atoms. The number of hydrogen-bond donors (Lipinski definition) is 1. The van der Waals surface area contributed by atoms with Gasteiger partial charge in [0.25, 0.3) is 0 Å². The fourth-order valence-electron chi connectivity index (χ4n) is 1.23. The summed E-state index contributed by atoms with van der Waals surface area (Å²) in [5.41, 5.74) is 1.83. The third-order valence-electron chi connectivity index (χ3n) is 1.85. The summed E-state index contributed by atoms with van der Waals surface area (Å²) in [4.78, 5) is 11.0. The second kappa shape index (κ2) is 3.79. The van der Waals surface area contributed by atoms with E-state index in [1.54, 1.807) is 32.0 Å². The van der Waals surface area contributed by atoms with Crippen molar-refractivity contribution in [2.45, 2.75) is 0 Å². The van der Waals surface area contributed by atoms with E-state index in [0.29, 0.717) is 5.75 Å². The standard InChI is InChI=1S/C9H8BrN3O/c1-14-8-4-11-2-6(10)9(8)7-3-12-5-13-7/h2-5H,1H3,(H,12,13). The maximum atomic E-state index is 5.21. The Bertz CT molecular complexity index is 428. The number of pyridine rings is 1. The first kappa shape index (κ1) is 9.21. The maximum absolute atomic E-state index is 5.21. The zero-order valence-corrected chi connectivity index (χ0v) is 9.08. The number of nitrogens with one attached hydrogen (secondary N) is 1. The average molecular weight is 254 g/mol. The van der Waals surface area contributed by atoms with Crippen molar-refractivity contribution < 1.29 is 4.74 Å². The number of ether oxygens (including phenoxy) is 1. The Morgan fingerprint density at radius 1 is 1.29 bits per heavy atom. The van der Waals surface area contributed by atoms with Crippen molar-refractivity contribution in [3.8, 4) is 17.0 Å². The molecule has 0 bridgehead atoms. The van der Waals surface area contributed by atoms with Crippen LogP contribution in [0.1, 0.15) is 0 Å². The topological polar surface area (TPSA) is 50.8 Å². The zero-order chi connectivity index (χ0) is 9.97. The Labute approximate surface area is 89.5 Å². The number of H-pyrrole nitrogens is 1. The summed E-state index contributed by atoms with van der Waals surface area (Å²) in [7, 11) is 1.61. The van der Waals surface area contributed by atoms with Crippen LogP contribution in [0.25, 0.3) is 11.3 Å². The van der Waals surface area contributed by atoms with Crippen LogP contribution in [0.4, 0.5) is 0 Å². The summed E-state index contributed by atoms with van der Waals surface area (Å²) in [5.74, 6) is 0.712. The number of nitrogens with zero attached hydrogens (tertiary/aromatic N) is 2. The van der Waals surface area contributed by atoms with Gasteiger partial charge < -0.3 is 9.72 Å². The van der Waals surface area contributed by atoms with Crippen molar-refractivity contribution in [3.05, 3.63) is 29.4 Å². The molecule has 72 valence electrons. The van der Waals surface area contributed by atoms with Crippen molar-refractivity contribution in [2.75, 3.05) is 7.11 Å². The van der Waals surface area contributed by atoms with E-state index in [2.05, 4.69) is 30.9 Å². The second-order valence-electron chi connectivity index (χ2n) is 2.66. The highest BCUT2D eigenvalue weighted by atomic mass is 79.9. The number of aromatic amines is 1. The van der Waals surface area contributed by atoms with Gasteiger partial charge in [-0.05, 0) is 15.9 Å². The molecule has 2 heterocycles. The van der Waals surface area contributed by atoms with E-state index >= 15 is 0 Å². The van der Waals surface area contributed by atoms with E-state index in [1.807, 2.05) is 0 Å². The van der Waals surface area contributed by atoms with Crippen LogP contribution >= 0.6 is 15.9 Å². The lowest BCUT2D eigenvalue weighted by Gasteiger charge is -2.07. The lowest BCUT2D eigenvalue weighted by molar-refractivity contribution is 0.414. The molecule has 0 aromatic carbocycles. The molecule has 0 aliphatic rings. The molecule has 0 unspecified atom stereocenters. The lowest BCUT2D eigenvalue weighted by Crippen LogP contribution is -1.90. The van der Waals surface area contributed by atoms with Crippen LogP contribution in [0.15, 0.2) is 29.4 Å². The van der Waals surface area contributed by atoms with Crippen LogP contribution in [0.3, 0.4) is 0 Å². The van der Waals surface area contributed by atoms with Gasteiger partial charge in [-0.2, -0.15) is 0 Å². The van der Waals surface area contributed by atoms with Gasteiger partial charge in [0.2, 0.25) is 0 Å². The number of rotatable bonds is 2. The largest absolute Gasteiger partial charge is 0.494 e. The lowest BCUT2D eigenvalue weighted by atomic mass is 10.2. The van der Waals surface area contributed by atoms with Crippen LogP contribution in [-0.4, -0.2) is 22.1 Å². The molecule has 0 fully saturated rings. The van der Waals surface area contributed by atoms with Gasteiger partial charge in [0, 0.05) is 10.7 Å². The predicted molar refractivity (Wildman–Crippen MR) is 56.1 cm³/mol. The highest BCUT2D eigenvalue weighted by molar-refractivity contribution is 9.10. The van der Waals surface area contributed by atoms with E-state index in [0.717, 1.165) is 15.7 Å². The molecule has 0 saturated carbocycles. The minimum Gasteiger partial charge on any atom is -0.494 e. The Morgan fingerprint density at radius 3 is 2.79 bits per heavy atom. The van der Waals surface area contributed by atoms with Crippen LogP contribution in [0.2, 0.25) is 0 Å². The van der Waals surface area contributed by atoms with Crippen LogP contribution in [0, 0.1) is 0 Å². The van der Waals surface area contributed by atoms with Gasteiger partial charge in [-0.1, -0.05) is 0 Å². The molecule has 0 aliphatic heterocycles. The first-order valence-electron chi connectivity index (χ1n) is 3.99. The van der Waals surface area contributed by atoms with Crippen molar-refractivity contribution in [1.82, 2.24) is 15.0 Å². The van der Waals surface area contributed by atoms with Gasteiger partial charge in [0.05, 0.1) is 37.1 Å². The first-order chi connectivity index (χ1) is 6.83. The molecule has 2 aromatic rings. The third-order valence-corrected chi connectivity index (χ3v) is 2.45. The van der Waals surface area contributed by atoms with Crippen molar-refractivity contribution in [1.29, 1.82) is 0 Å². The summed E-state index contributed by atoms with van der Waals surface area (Å²) in [6.45, 7) is 0. The molecule has 0 aliphatic carbocycles. The highest BCUT2D eigenvalue weighted by Gasteiger charge is 2.10. The van der Waals surface area contributed by atoms with Gasteiger partial charge >= 0.3 is 0 Å². The Morgan fingerprint density at radius 2 is 2.14 bits per heavy atom. The highest BCUT2D eigenvalue weighted by Crippen LogP contribution is 2.33. The summed E-state index contributed by atoms with van der Waals surface area (Å²) >= 11 is 3.42. The van der Waals surface area contributed by atoms with E-state index in [9.17, 15) is 0 Å². The zero-order valence-electron chi connectivity index (χ0n) is 7.49. The number of hydrogen-bond acceptors (Lipinski definition) is 3. The summed E-state index contributed by atoms with van der Waals surface area (Å²) in [6.07, 6.45) is 6.75. The van der Waals surface area contributed by atoms with Gasteiger partial charge in [-0.15, -0.1) is 0 Å². The fraction of sp³-hybridized carbons (Fsp3) is 0.111. The molecule has 14 heavy (non-hydrogen) atoms. The van der Waals surface area contributed by atoms with Crippen LogP contribution in [-0.2, 0) is 0 Å². The number of halogens is 1. The molecule has 4 nitrogen and oxygen atoms in total. The Balaban J connectivity index is 2.61. The van der Waals surface area contributed by atoms with Gasteiger partial charge in [0.1, 0.15) is 5.75 Å². The maximum Gasteiger partial charge on any atom is 0.147 e. The first-order valence-corrected chi connectivity index (χ1v) is 4.78. The van der Waals surface area contributed by atoms with Gasteiger partial charge in [-0.3, -0.25) is 4.98 Å². The number of imidazole rings is 1. The Hall–Kier alpha value is -1.36. The molecule has 2 aromatic heterocycles. The molecular formula is C9H8BrN3O. The van der Waals surface area contributed by atoms with Crippen molar-refractivity contribution in [2.24, 2.45) is 0 Å². The van der Waals surface area contributed by atoms with Crippen molar-refractivity contribution >= 4 is 15.9 Å². The molecule has 0 atom stereocenters. The molecular weight excluding hydrogens is 246 g/mol. The van der Waals surface area contributed by atoms with Crippen LogP contribution < -0.4 is 4.74 Å². The molecule has 1 N–H and O–H groups in total. The van der Waals surface area contributed by atoms with E-state index in [4.69, 9.17) is 4.74 Å². The molecule has 0 saturated heterocycles. The van der Waals surface area contributed by atoms with Gasteiger partial charge in [0.15, 0.2) is 0 Å². The molecule has 0 radical (unpaired) electrons. The van der Waals surface area contributed by atoms with Crippen molar-refractivity contribution in [3.63, 3.8) is 0 Å². The Kier molecular flexibility index (Phi) is 2.49. The van der Waals surface area contributed by atoms with E-state index in [-0.39, 0.29) is 0 Å². The number of methoxy groups -OCH3 is 1. The minimum atomic E-state index is 0.712. The monoisotopic (exact) mass is 253 g/mol. The second-order valence-corrected chi connectivity index (χ2v) is 3.52. The quantitative estimate of drug-likeness (QED) is 0.894. The smallest absolute Gasteiger partial charge is 0.147 e. The van der Waals surface area contributed by atoms with E-state index in [1.165, 1.54) is 0 Å². The van der Waals surface area contributed by atoms with E-state index < -0.39 is 0 Å². The summed E-state index contributed by atoms with van der Waals surface area (Å²) in [6, 6.07) is 0. The minimum absolute atomic E-state index is 0.712. The number of aromatic nitrogens is 3. The SMILES string of the molecule is COc1cncc(Br)c1-c1cnc[nH]1. The van der Waals surface area contributed by atoms with Gasteiger partial charge in [-0.25, -0.2) is 4.98 Å². The molecule has 2 rings (SSSR count). The van der Waals surface area contributed by atoms with Crippen LogP contribution in [0.5, 0.6) is 5.75 Å². The molecule has 5 heteroatoms.